The van der Waals surface area contributed by atoms with Crippen LogP contribution >= 0.6 is 11.6 Å². The predicted molar refractivity (Wildman–Crippen MR) is 76.3 cm³/mol. The standard InChI is InChI=1S/C13H13ClN2O2S/c14-11-6-7-13(12(15)8-11)19(17,18)16-9-10-4-2-1-3-5-10/h1-8,16H,9,15H2. The van der Waals surface area contributed by atoms with E-state index >= 15 is 0 Å². The van der Waals surface area contributed by atoms with Crippen molar-refractivity contribution in [1.82, 2.24) is 4.72 Å². The van der Waals surface area contributed by atoms with Crippen LogP contribution in [0.1, 0.15) is 5.56 Å². The normalized spacial score (nSPS) is 11.4. The number of halogens is 1. The van der Waals surface area contributed by atoms with E-state index in [0.717, 1.165) is 5.56 Å². The Labute approximate surface area is 117 Å². The molecule has 0 aliphatic heterocycles. The van der Waals surface area contributed by atoms with Gasteiger partial charge in [-0.25, -0.2) is 13.1 Å². The van der Waals surface area contributed by atoms with E-state index in [9.17, 15) is 8.42 Å². The molecule has 0 aliphatic carbocycles. The molecule has 0 amide bonds. The number of hydrogen-bond donors (Lipinski definition) is 2. The number of rotatable bonds is 4. The number of anilines is 1. The minimum atomic E-state index is -3.64. The summed E-state index contributed by atoms with van der Waals surface area (Å²) >= 11 is 5.74. The summed E-state index contributed by atoms with van der Waals surface area (Å²) in [5.41, 5.74) is 6.68. The number of nitrogens with two attached hydrogens (primary N) is 1. The Morgan fingerprint density at radius 2 is 1.79 bits per heavy atom. The van der Waals surface area contributed by atoms with E-state index in [1.54, 1.807) is 0 Å². The van der Waals surface area contributed by atoms with Crippen LogP contribution in [0.15, 0.2) is 53.4 Å². The third-order valence-electron chi connectivity index (χ3n) is 2.57. The van der Waals surface area contributed by atoms with Crippen molar-refractivity contribution in [3.05, 3.63) is 59.1 Å². The van der Waals surface area contributed by atoms with Crippen molar-refractivity contribution in [2.24, 2.45) is 0 Å². The summed E-state index contributed by atoms with van der Waals surface area (Å²) in [6.07, 6.45) is 0. The summed E-state index contributed by atoms with van der Waals surface area (Å²) in [6.45, 7) is 0.214. The minimum absolute atomic E-state index is 0.0350. The SMILES string of the molecule is Nc1cc(Cl)ccc1S(=O)(=O)NCc1ccccc1. The first-order chi connectivity index (χ1) is 8.99. The van der Waals surface area contributed by atoms with Crippen LogP contribution in [-0.2, 0) is 16.6 Å². The van der Waals surface area contributed by atoms with Crippen molar-refractivity contribution < 1.29 is 8.42 Å². The predicted octanol–water partition coefficient (Wildman–Crippen LogP) is 2.40. The van der Waals surface area contributed by atoms with Crippen LogP contribution < -0.4 is 10.5 Å². The Morgan fingerprint density at radius 1 is 1.11 bits per heavy atom. The highest BCUT2D eigenvalue weighted by Crippen LogP contribution is 2.22. The third kappa shape index (κ3) is 3.47. The van der Waals surface area contributed by atoms with Gasteiger partial charge in [-0.3, -0.25) is 0 Å². The maximum absolute atomic E-state index is 12.1. The number of nitrogen functional groups attached to an aromatic ring is 1. The van der Waals surface area contributed by atoms with Crippen LogP contribution in [-0.4, -0.2) is 8.42 Å². The maximum atomic E-state index is 12.1. The summed E-state index contributed by atoms with van der Waals surface area (Å²) in [5, 5.41) is 0.402. The maximum Gasteiger partial charge on any atom is 0.242 e. The molecule has 100 valence electrons. The molecule has 2 rings (SSSR count). The topological polar surface area (TPSA) is 72.2 Å². The Kier molecular flexibility index (Phi) is 4.09. The molecule has 6 heteroatoms. The second-order valence-electron chi connectivity index (χ2n) is 3.99. The highest BCUT2D eigenvalue weighted by Gasteiger charge is 2.17. The van der Waals surface area contributed by atoms with E-state index in [-0.39, 0.29) is 17.1 Å². The summed E-state index contributed by atoms with van der Waals surface area (Å²) in [6, 6.07) is 13.6. The molecule has 0 aromatic heterocycles. The molecule has 0 unspecified atom stereocenters. The van der Waals surface area contributed by atoms with Crippen LogP contribution in [0.2, 0.25) is 5.02 Å². The lowest BCUT2D eigenvalue weighted by atomic mass is 10.2. The van der Waals surface area contributed by atoms with Crippen molar-refractivity contribution in [3.63, 3.8) is 0 Å². The highest BCUT2D eigenvalue weighted by molar-refractivity contribution is 7.89. The fourth-order valence-corrected chi connectivity index (χ4v) is 2.93. The van der Waals surface area contributed by atoms with Gasteiger partial charge in [-0.05, 0) is 23.8 Å². The van der Waals surface area contributed by atoms with Gasteiger partial charge in [-0.1, -0.05) is 41.9 Å². The van der Waals surface area contributed by atoms with Crippen molar-refractivity contribution in [2.75, 3.05) is 5.73 Å². The van der Waals surface area contributed by atoms with Crippen LogP contribution in [0, 0.1) is 0 Å². The molecule has 4 nitrogen and oxygen atoms in total. The number of sulfonamides is 1. The lowest BCUT2D eigenvalue weighted by Crippen LogP contribution is -2.24. The minimum Gasteiger partial charge on any atom is -0.398 e. The van der Waals surface area contributed by atoms with Crippen LogP contribution in [0.4, 0.5) is 5.69 Å². The molecule has 0 heterocycles. The summed E-state index contributed by atoms with van der Waals surface area (Å²) in [7, 11) is -3.64. The Morgan fingerprint density at radius 3 is 2.42 bits per heavy atom. The van der Waals surface area contributed by atoms with Gasteiger partial charge in [0.05, 0.1) is 5.69 Å². The van der Waals surface area contributed by atoms with Gasteiger partial charge < -0.3 is 5.73 Å². The first kappa shape index (κ1) is 13.9. The van der Waals surface area contributed by atoms with Gasteiger partial charge in [0, 0.05) is 11.6 Å². The van der Waals surface area contributed by atoms with Crippen molar-refractivity contribution >= 4 is 27.3 Å². The van der Waals surface area contributed by atoms with Crippen LogP contribution in [0.3, 0.4) is 0 Å². The van der Waals surface area contributed by atoms with E-state index in [2.05, 4.69) is 4.72 Å². The van der Waals surface area contributed by atoms with E-state index < -0.39 is 10.0 Å². The van der Waals surface area contributed by atoms with Gasteiger partial charge in [0.1, 0.15) is 4.90 Å². The summed E-state index contributed by atoms with van der Waals surface area (Å²) < 4.78 is 26.7. The van der Waals surface area contributed by atoms with Gasteiger partial charge >= 0.3 is 0 Å². The van der Waals surface area contributed by atoms with Crippen LogP contribution in [0.5, 0.6) is 0 Å². The average Bonchev–Trinajstić information content (AvgIpc) is 2.37. The molecule has 2 aromatic rings. The molecule has 0 saturated heterocycles. The molecular weight excluding hydrogens is 284 g/mol. The van der Waals surface area contributed by atoms with Crippen molar-refractivity contribution in [1.29, 1.82) is 0 Å². The molecule has 0 aliphatic rings. The van der Waals surface area contributed by atoms with E-state index in [1.807, 2.05) is 30.3 Å². The van der Waals surface area contributed by atoms with Crippen molar-refractivity contribution in [3.8, 4) is 0 Å². The fraction of sp³-hybridized carbons (Fsp3) is 0.0769. The monoisotopic (exact) mass is 296 g/mol. The third-order valence-corrected chi connectivity index (χ3v) is 4.28. The van der Waals surface area contributed by atoms with E-state index in [4.69, 9.17) is 17.3 Å². The van der Waals surface area contributed by atoms with Gasteiger partial charge in [-0.2, -0.15) is 0 Å². The van der Waals surface area contributed by atoms with Gasteiger partial charge in [0.2, 0.25) is 10.0 Å². The van der Waals surface area contributed by atoms with Crippen LogP contribution in [0.25, 0.3) is 0 Å². The zero-order valence-corrected chi connectivity index (χ0v) is 11.6. The Balaban J connectivity index is 2.19. The van der Waals surface area contributed by atoms with Gasteiger partial charge in [0.15, 0.2) is 0 Å². The van der Waals surface area contributed by atoms with Gasteiger partial charge in [-0.15, -0.1) is 0 Å². The lowest BCUT2D eigenvalue weighted by molar-refractivity contribution is 0.582. The zero-order chi connectivity index (χ0) is 13.9. The average molecular weight is 297 g/mol. The lowest BCUT2D eigenvalue weighted by Gasteiger charge is -2.09. The smallest absolute Gasteiger partial charge is 0.242 e. The first-order valence-corrected chi connectivity index (χ1v) is 7.44. The van der Waals surface area contributed by atoms with E-state index in [1.165, 1.54) is 18.2 Å². The Hall–Kier alpha value is -1.56. The molecule has 0 radical (unpaired) electrons. The summed E-state index contributed by atoms with van der Waals surface area (Å²) in [4.78, 5) is 0.0350. The zero-order valence-electron chi connectivity index (χ0n) is 10.0. The number of benzene rings is 2. The first-order valence-electron chi connectivity index (χ1n) is 5.58. The van der Waals surface area contributed by atoms with Crippen molar-refractivity contribution in [2.45, 2.75) is 11.4 Å². The molecule has 0 bridgehead atoms. The molecule has 0 spiro atoms. The second kappa shape index (κ2) is 5.61. The number of hydrogen-bond acceptors (Lipinski definition) is 3. The quantitative estimate of drug-likeness (QED) is 0.851. The molecule has 3 N–H and O–H groups in total. The van der Waals surface area contributed by atoms with E-state index in [0.29, 0.717) is 5.02 Å². The molecule has 0 atom stereocenters. The molecule has 19 heavy (non-hydrogen) atoms. The van der Waals surface area contributed by atoms with Gasteiger partial charge in [0.25, 0.3) is 0 Å². The Bertz CT molecular complexity index is 672. The molecule has 2 aromatic carbocycles. The molecule has 0 fully saturated rings. The summed E-state index contributed by atoms with van der Waals surface area (Å²) in [5.74, 6) is 0. The largest absolute Gasteiger partial charge is 0.398 e. The molecule has 0 saturated carbocycles. The molecular formula is C13H13ClN2O2S. The fourth-order valence-electron chi connectivity index (χ4n) is 1.62. The highest BCUT2D eigenvalue weighted by atomic mass is 35.5. The number of nitrogens with one attached hydrogen (secondary N) is 1. The second-order valence-corrected chi connectivity index (χ2v) is 6.16.